The summed E-state index contributed by atoms with van der Waals surface area (Å²) in [6.07, 6.45) is 1.27. The summed E-state index contributed by atoms with van der Waals surface area (Å²) in [5, 5.41) is 2.96. The van der Waals surface area contributed by atoms with E-state index in [1.165, 1.54) is 0 Å². The van der Waals surface area contributed by atoms with Crippen LogP contribution in [0.2, 0.25) is 0 Å². The number of hydrogen-bond acceptors (Lipinski definition) is 5. The molecular weight excluding hydrogens is 372 g/mol. The van der Waals surface area contributed by atoms with Crippen molar-refractivity contribution in [2.75, 3.05) is 38.7 Å². The third-order valence-corrected chi connectivity index (χ3v) is 5.30. The van der Waals surface area contributed by atoms with Gasteiger partial charge in [-0.25, -0.2) is 0 Å². The quantitative estimate of drug-likeness (QED) is 0.860. The van der Waals surface area contributed by atoms with Crippen LogP contribution in [0.5, 0.6) is 17.2 Å². The van der Waals surface area contributed by atoms with Crippen molar-refractivity contribution >= 4 is 17.5 Å². The first-order valence-corrected chi connectivity index (χ1v) is 9.78. The standard InChI is InChI=1S/C22H24N2O5/c1-27-18-5-2-16(3-6-18)22(26)24-10-8-15(9-11-24)21(25)23-17-4-7-19-20(14-17)29-13-12-28-19/h2-7,14-15H,8-13H2,1H3,(H,23,25). The Labute approximate surface area is 169 Å². The Bertz CT molecular complexity index is 889. The molecule has 152 valence electrons. The average molecular weight is 396 g/mol. The fourth-order valence-corrected chi connectivity index (χ4v) is 3.63. The van der Waals surface area contributed by atoms with E-state index in [0.29, 0.717) is 61.9 Å². The van der Waals surface area contributed by atoms with Crippen LogP contribution in [0.15, 0.2) is 42.5 Å². The second-order valence-electron chi connectivity index (χ2n) is 7.14. The summed E-state index contributed by atoms with van der Waals surface area (Å²) in [6.45, 7) is 2.16. The lowest BCUT2D eigenvalue weighted by atomic mass is 9.95. The van der Waals surface area contributed by atoms with E-state index in [4.69, 9.17) is 14.2 Å². The highest BCUT2D eigenvalue weighted by molar-refractivity contribution is 5.95. The number of hydrogen-bond donors (Lipinski definition) is 1. The Kier molecular flexibility index (Phi) is 5.55. The molecule has 29 heavy (non-hydrogen) atoms. The lowest BCUT2D eigenvalue weighted by Gasteiger charge is -2.31. The summed E-state index contributed by atoms with van der Waals surface area (Å²) >= 11 is 0. The van der Waals surface area contributed by atoms with E-state index in [-0.39, 0.29) is 17.7 Å². The SMILES string of the molecule is COc1ccc(C(=O)N2CCC(C(=O)Nc3ccc4c(c3)OCCO4)CC2)cc1. The van der Waals surface area contributed by atoms with Gasteiger partial charge in [-0.1, -0.05) is 0 Å². The molecule has 0 aliphatic carbocycles. The van der Waals surface area contributed by atoms with Gasteiger partial charge in [-0.05, 0) is 49.2 Å². The zero-order chi connectivity index (χ0) is 20.2. The molecule has 1 fully saturated rings. The average Bonchev–Trinajstić information content (AvgIpc) is 2.78. The normalized spacial score (nSPS) is 16.2. The molecule has 0 aromatic heterocycles. The fourth-order valence-electron chi connectivity index (χ4n) is 3.63. The Balaban J connectivity index is 1.31. The molecule has 7 nitrogen and oxygen atoms in total. The number of nitrogens with one attached hydrogen (secondary N) is 1. The van der Waals surface area contributed by atoms with Gasteiger partial charge in [0.25, 0.3) is 5.91 Å². The Morgan fingerprint density at radius 1 is 1.00 bits per heavy atom. The number of piperidine rings is 1. The van der Waals surface area contributed by atoms with Crippen LogP contribution < -0.4 is 19.5 Å². The maximum Gasteiger partial charge on any atom is 0.253 e. The van der Waals surface area contributed by atoms with E-state index in [1.54, 1.807) is 48.4 Å². The summed E-state index contributed by atoms with van der Waals surface area (Å²) in [5.41, 5.74) is 1.32. The van der Waals surface area contributed by atoms with Crippen LogP contribution >= 0.6 is 0 Å². The molecule has 7 heteroatoms. The molecule has 2 aliphatic rings. The van der Waals surface area contributed by atoms with Gasteiger partial charge in [0.05, 0.1) is 7.11 Å². The first-order valence-electron chi connectivity index (χ1n) is 9.78. The summed E-state index contributed by atoms with van der Waals surface area (Å²) < 4.78 is 16.2. The van der Waals surface area contributed by atoms with E-state index in [0.717, 1.165) is 5.75 Å². The number of benzene rings is 2. The van der Waals surface area contributed by atoms with Crippen LogP contribution in [0, 0.1) is 5.92 Å². The van der Waals surface area contributed by atoms with Gasteiger partial charge in [0, 0.05) is 36.3 Å². The number of anilines is 1. The minimum absolute atomic E-state index is 0.0154. The molecule has 1 saturated heterocycles. The molecule has 0 radical (unpaired) electrons. The minimum Gasteiger partial charge on any atom is -0.497 e. The van der Waals surface area contributed by atoms with Crippen LogP contribution in [-0.4, -0.2) is 50.1 Å². The number of amides is 2. The smallest absolute Gasteiger partial charge is 0.253 e. The number of likely N-dealkylation sites (tertiary alicyclic amines) is 1. The number of nitrogens with zero attached hydrogens (tertiary/aromatic N) is 1. The molecule has 1 N–H and O–H groups in total. The van der Waals surface area contributed by atoms with Crippen LogP contribution in [0.1, 0.15) is 23.2 Å². The van der Waals surface area contributed by atoms with Gasteiger partial charge in [-0.3, -0.25) is 9.59 Å². The minimum atomic E-state index is -0.122. The highest BCUT2D eigenvalue weighted by Gasteiger charge is 2.28. The Morgan fingerprint density at radius 3 is 2.38 bits per heavy atom. The highest BCUT2D eigenvalue weighted by atomic mass is 16.6. The first-order chi connectivity index (χ1) is 14.1. The predicted molar refractivity (Wildman–Crippen MR) is 108 cm³/mol. The van der Waals surface area contributed by atoms with Crippen LogP contribution in [0.25, 0.3) is 0 Å². The van der Waals surface area contributed by atoms with Gasteiger partial charge in [0.2, 0.25) is 5.91 Å². The topological polar surface area (TPSA) is 77.1 Å². The van der Waals surface area contributed by atoms with Crippen molar-refractivity contribution in [3.05, 3.63) is 48.0 Å². The molecule has 0 bridgehead atoms. The van der Waals surface area contributed by atoms with Gasteiger partial charge in [-0.15, -0.1) is 0 Å². The molecule has 2 aromatic rings. The van der Waals surface area contributed by atoms with Crippen molar-refractivity contribution in [2.45, 2.75) is 12.8 Å². The largest absolute Gasteiger partial charge is 0.497 e. The van der Waals surface area contributed by atoms with Gasteiger partial charge in [-0.2, -0.15) is 0 Å². The Hall–Kier alpha value is -3.22. The lowest BCUT2D eigenvalue weighted by Crippen LogP contribution is -2.41. The zero-order valence-electron chi connectivity index (χ0n) is 16.3. The number of methoxy groups -OCH3 is 1. The van der Waals surface area contributed by atoms with E-state index < -0.39 is 0 Å². The fraction of sp³-hybridized carbons (Fsp3) is 0.364. The van der Waals surface area contributed by atoms with E-state index in [1.807, 2.05) is 6.07 Å². The van der Waals surface area contributed by atoms with Crippen LogP contribution in [0.4, 0.5) is 5.69 Å². The van der Waals surface area contributed by atoms with Crippen molar-refractivity contribution in [3.8, 4) is 17.2 Å². The van der Waals surface area contributed by atoms with Crippen molar-refractivity contribution in [1.29, 1.82) is 0 Å². The number of ether oxygens (including phenoxy) is 3. The van der Waals surface area contributed by atoms with E-state index >= 15 is 0 Å². The second-order valence-corrected chi connectivity index (χ2v) is 7.14. The van der Waals surface area contributed by atoms with Crippen molar-refractivity contribution in [1.82, 2.24) is 4.90 Å². The predicted octanol–water partition coefficient (Wildman–Crippen LogP) is 2.96. The summed E-state index contributed by atoms with van der Waals surface area (Å²) in [4.78, 5) is 27.1. The highest BCUT2D eigenvalue weighted by Crippen LogP contribution is 2.33. The van der Waals surface area contributed by atoms with Crippen molar-refractivity contribution in [3.63, 3.8) is 0 Å². The molecule has 2 heterocycles. The van der Waals surface area contributed by atoms with Gasteiger partial charge < -0.3 is 24.4 Å². The third-order valence-electron chi connectivity index (χ3n) is 5.30. The zero-order valence-corrected chi connectivity index (χ0v) is 16.3. The number of rotatable bonds is 4. The molecule has 0 saturated carbocycles. The first kappa shape index (κ1) is 19.1. The lowest BCUT2D eigenvalue weighted by molar-refractivity contribution is -0.121. The molecular formula is C22H24N2O5. The van der Waals surface area contributed by atoms with Gasteiger partial charge in [0.15, 0.2) is 11.5 Å². The van der Waals surface area contributed by atoms with Gasteiger partial charge in [0.1, 0.15) is 19.0 Å². The molecule has 2 aliphatic heterocycles. The second kappa shape index (κ2) is 8.43. The number of carbonyl (C=O) groups excluding carboxylic acids is 2. The molecule has 0 spiro atoms. The summed E-state index contributed by atoms with van der Waals surface area (Å²) in [5.74, 6) is 1.89. The van der Waals surface area contributed by atoms with Gasteiger partial charge >= 0.3 is 0 Å². The van der Waals surface area contributed by atoms with E-state index in [2.05, 4.69) is 5.32 Å². The third kappa shape index (κ3) is 4.29. The molecule has 2 aromatic carbocycles. The number of fused-ring (bicyclic) bond motifs is 1. The molecule has 0 atom stereocenters. The Morgan fingerprint density at radius 2 is 1.69 bits per heavy atom. The maximum absolute atomic E-state index is 12.7. The monoisotopic (exact) mass is 396 g/mol. The maximum atomic E-state index is 12.7. The summed E-state index contributed by atoms with van der Waals surface area (Å²) in [7, 11) is 1.59. The van der Waals surface area contributed by atoms with Crippen LogP contribution in [0.3, 0.4) is 0 Å². The molecule has 4 rings (SSSR count). The molecule has 2 amide bonds. The summed E-state index contributed by atoms with van der Waals surface area (Å²) in [6, 6.07) is 12.5. The van der Waals surface area contributed by atoms with E-state index in [9.17, 15) is 9.59 Å². The molecule has 0 unspecified atom stereocenters. The number of carbonyl (C=O) groups is 2. The van der Waals surface area contributed by atoms with Crippen molar-refractivity contribution < 1.29 is 23.8 Å². The van der Waals surface area contributed by atoms with Crippen LogP contribution in [-0.2, 0) is 4.79 Å². The van der Waals surface area contributed by atoms with Crippen molar-refractivity contribution in [2.24, 2.45) is 5.92 Å².